The Balaban J connectivity index is 2.31. The Kier molecular flexibility index (Phi) is 3.30. The van der Waals surface area contributed by atoms with Crippen molar-refractivity contribution in [2.75, 3.05) is 7.05 Å². The van der Waals surface area contributed by atoms with Gasteiger partial charge in [0.2, 0.25) is 0 Å². The van der Waals surface area contributed by atoms with Crippen LogP contribution in [0, 0.1) is 10.1 Å². The van der Waals surface area contributed by atoms with Crippen LogP contribution in [0.1, 0.15) is 17.6 Å². The molecule has 0 saturated heterocycles. The van der Waals surface area contributed by atoms with Crippen LogP contribution >= 0.6 is 15.9 Å². The van der Waals surface area contributed by atoms with Crippen LogP contribution in [0.2, 0.25) is 0 Å². The molecule has 0 fully saturated rings. The van der Waals surface area contributed by atoms with Crippen molar-refractivity contribution in [3.63, 3.8) is 0 Å². The molecule has 0 spiro atoms. The van der Waals surface area contributed by atoms with Gasteiger partial charge in [-0.15, -0.1) is 0 Å². The molecule has 1 atom stereocenters. The summed E-state index contributed by atoms with van der Waals surface area (Å²) in [5, 5.41) is 13.5. The molecule has 17 heavy (non-hydrogen) atoms. The van der Waals surface area contributed by atoms with Crippen molar-refractivity contribution in [1.29, 1.82) is 0 Å². The van der Waals surface area contributed by atoms with E-state index in [9.17, 15) is 10.1 Å². The monoisotopic (exact) mass is 300 g/mol. The molecule has 0 radical (unpaired) electrons. The Labute approximate surface area is 105 Å². The molecule has 0 amide bonds. The average Bonchev–Trinajstić information content (AvgIpc) is 2.89. The number of furan rings is 2. The van der Waals surface area contributed by atoms with E-state index >= 15 is 0 Å². The number of hydrogen-bond acceptors (Lipinski definition) is 5. The third-order valence-corrected chi connectivity index (χ3v) is 2.67. The summed E-state index contributed by atoms with van der Waals surface area (Å²) >= 11 is 3.20. The van der Waals surface area contributed by atoms with E-state index in [-0.39, 0.29) is 11.9 Å². The summed E-state index contributed by atoms with van der Waals surface area (Å²) in [7, 11) is 1.72. The molecule has 0 aliphatic carbocycles. The summed E-state index contributed by atoms with van der Waals surface area (Å²) in [5.74, 6) is 0.760. The van der Waals surface area contributed by atoms with Crippen molar-refractivity contribution in [1.82, 2.24) is 5.32 Å². The van der Waals surface area contributed by atoms with E-state index in [0.717, 1.165) is 0 Å². The molecule has 2 aromatic heterocycles. The van der Waals surface area contributed by atoms with Crippen molar-refractivity contribution in [2.45, 2.75) is 6.04 Å². The lowest BCUT2D eigenvalue weighted by atomic mass is 10.2. The van der Waals surface area contributed by atoms with Crippen LogP contribution in [0.5, 0.6) is 0 Å². The summed E-state index contributed by atoms with van der Waals surface area (Å²) in [6.45, 7) is 0. The zero-order valence-electron chi connectivity index (χ0n) is 8.84. The smallest absolute Gasteiger partial charge is 0.433 e. The highest BCUT2D eigenvalue weighted by atomic mass is 79.9. The molecule has 0 bridgehead atoms. The zero-order valence-corrected chi connectivity index (χ0v) is 10.4. The molecule has 6 nitrogen and oxygen atoms in total. The Bertz CT molecular complexity index is 534. The van der Waals surface area contributed by atoms with Crippen LogP contribution in [-0.4, -0.2) is 12.0 Å². The molecule has 2 aromatic rings. The number of nitro groups is 1. The van der Waals surface area contributed by atoms with Crippen LogP contribution < -0.4 is 5.32 Å². The average molecular weight is 301 g/mol. The fourth-order valence-corrected chi connectivity index (χ4v) is 1.82. The van der Waals surface area contributed by atoms with Gasteiger partial charge in [-0.1, -0.05) is 0 Å². The second-order valence-electron chi connectivity index (χ2n) is 3.30. The van der Waals surface area contributed by atoms with E-state index in [4.69, 9.17) is 8.83 Å². The Morgan fingerprint density at radius 1 is 1.29 bits per heavy atom. The zero-order chi connectivity index (χ0) is 12.4. The second-order valence-corrected chi connectivity index (χ2v) is 4.08. The van der Waals surface area contributed by atoms with E-state index in [1.54, 1.807) is 25.2 Å². The predicted octanol–water partition coefficient (Wildman–Crippen LogP) is 2.85. The minimum Gasteiger partial charge on any atom is -0.452 e. The van der Waals surface area contributed by atoms with Crippen LogP contribution in [-0.2, 0) is 0 Å². The van der Waals surface area contributed by atoms with Gasteiger partial charge in [-0.05, 0) is 41.2 Å². The van der Waals surface area contributed by atoms with Gasteiger partial charge in [0, 0.05) is 0 Å². The Hall–Kier alpha value is -1.60. The van der Waals surface area contributed by atoms with E-state index < -0.39 is 4.92 Å². The van der Waals surface area contributed by atoms with Crippen molar-refractivity contribution >= 4 is 21.8 Å². The topological polar surface area (TPSA) is 81.5 Å². The SMILES string of the molecule is CNC(c1ccc(Br)o1)c1ccc([N+](=O)[O-])o1. The first-order valence-electron chi connectivity index (χ1n) is 4.78. The summed E-state index contributed by atoms with van der Waals surface area (Å²) in [4.78, 5) is 9.95. The summed E-state index contributed by atoms with van der Waals surface area (Å²) in [6, 6.07) is 6.03. The van der Waals surface area contributed by atoms with Crippen molar-refractivity contribution < 1.29 is 13.8 Å². The molecule has 2 rings (SSSR count). The maximum atomic E-state index is 10.5. The van der Waals surface area contributed by atoms with Gasteiger partial charge >= 0.3 is 5.88 Å². The molecule has 1 N–H and O–H groups in total. The third-order valence-electron chi connectivity index (χ3n) is 2.24. The van der Waals surface area contributed by atoms with E-state index in [0.29, 0.717) is 16.2 Å². The first-order chi connectivity index (χ1) is 8.11. The van der Waals surface area contributed by atoms with Crippen LogP contribution in [0.15, 0.2) is 37.8 Å². The lowest BCUT2D eigenvalue weighted by Crippen LogP contribution is -2.16. The van der Waals surface area contributed by atoms with Crippen molar-refractivity contribution in [3.05, 3.63) is 50.6 Å². The maximum Gasteiger partial charge on any atom is 0.433 e. The first kappa shape index (κ1) is 11.9. The number of halogens is 1. The van der Waals surface area contributed by atoms with Crippen LogP contribution in [0.25, 0.3) is 0 Å². The number of nitrogens with one attached hydrogen (secondary N) is 1. The van der Waals surface area contributed by atoms with Crippen molar-refractivity contribution in [3.8, 4) is 0 Å². The molecule has 0 aromatic carbocycles. The Morgan fingerprint density at radius 2 is 1.94 bits per heavy atom. The number of nitrogens with zero attached hydrogens (tertiary/aromatic N) is 1. The molecule has 0 aliphatic heterocycles. The largest absolute Gasteiger partial charge is 0.452 e. The van der Waals surface area contributed by atoms with Crippen LogP contribution in [0.4, 0.5) is 5.88 Å². The predicted molar refractivity (Wildman–Crippen MR) is 62.7 cm³/mol. The summed E-state index contributed by atoms with van der Waals surface area (Å²) in [6.07, 6.45) is 0. The standard InChI is InChI=1S/C10H9BrN2O4/c1-12-10(6-2-4-8(11)16-6)7-3-5-9(17-7)13(14)15/h2-5,10,12H,1H3. The third kappa shape index (κ3) is 2.40. The fraction of sp³-hybridized carbons (Fsp3) is 0.200. The normalized spacial score (nSPS) is 12.6. The molecular formula is C10H9BrN2O4. The summed E-state index contributed by atoms with van der Waals surface area (Å²) in [5.41, 5.74) is 0. The highest BCUT2D eigenvalue weighted by Crippen LogP contribution is 2.28. The molecule has 7 heteroatoms. The fourth-order valence-electron chi connectivity index (χ4n) is 1.50. The summed E-state index contributed by atoms with van der Waals surface area (Å²) < 4.78 is 11.1. The minimum absolute atomic E-state index is 0.286. The lowest BCUT2D eigenvalue weighted by molar-refractivity contribution is -0.402. The van der Waals surface area contributed by atoms with Gasteiger partial charge in [-0.25, -0.2) is 0 Å². The van der Waals surface area contributed by atoms with Gasteiger partial charge < -0.3 is 14.2 Å². The van der Waals surface area contributed by atoms with E-state index in [1.165, 1.54) is 6.07 Å². The van der Waals surface area contributed by atoms with Gasteiger partial charge in [0.1, 0.15) is 22.5 Å². The molecule has 0 saturated carbocycles. The molecule has 0 aliphatic rings. The molecule has 2 heterocycles. The van der Waals surface area contributed by atoms with Gasteiger partial charge in [0.25, 0.3) is 0 Å². The van der Waals surface area contributed by atoms with Crippen LogP contribution in [0.3, 0.4) is 0 Å². The quantitative estimate of drug-likeness (QED) is 0.693. The van der Waals surface area contributed by atoms with Gasteiger partial charge in [0.15, 0.2) is 4.67 Å². The minimum atomic E-state index is -0.575. The lowest BCUT2D eigenvalue weighted by Gasteiger charge is -2.09. The number of rotatable bonds is 4. The van der Waals surface area contributed by atoms with Crippen molar-refractivity contribution in [2.24, 2.45) is 0 Å². The molecule has 90 valence electrons. The van der Waals surface area contributed by atoms with Gasteiger partial charge in [0.05, 0.1) is 6.07 Å². The second kappa shape index (κ2) is 4.72. The van der Waals surface area contributed by atoms with E-state index in [1.807, 2.05) is 0 Å². The maximum absolute atomic E-state index is 10.5. The Morgan fingerprint density at radius 3 is 2.41 bits per heavy atom. The highest BCUT2D eigenvalue weighted by Gasteiger charge is 2.22. The van der Waals surface area contributed by atoms with Gasteiger partial charge in [-0.2, -0.15) is 0 Å². The molecule has 1 unspecified atom stereocenters. The van der Waals surface area contributed by atoms with E-state index in [2.05, 4.69) is 21.2 Å². The molecular weight excluding hydrogens is 292 g/mol. The first-order valence-corrected chi connectivity index (χ1v) is 5.57. The highest BCUT2D eigenvalue weighted by molar-refractivity contribution is 9.10. The number of hydrogen-bond donors (Lipinski definition) is 1. The van der Waals surface area contributed by atoms with Gasteiger partial charge in [-0.3, -0.25) is 10.1 Å².